The maximum absolute atomic E-state index is 4.70. The van der Waals surface area contributed by atoms with Crippen molar-refractivity contribution in [2.75, 3.05) is 0 Å². The molecule has 1 aliphatic heterocycles. The molecule has 0 spiro atoms. The molecule has 0 radical (unpaired) electrons. The van der Waals surface area contributed by atoms with E-state index in [1.165, 1.54) is 22.4 Å². The van der Waals surface area contributed by atoms with Gasteiger partial charge in [0, 0.05) is 5.56 Å². The molecule has 20 heavy (non-hydrogen) atoms. The first-order valence-corrected chi connectivity index (χ1v) is 7.02. The normalized spacial score (nSPS) is 15.9. The molecular weight excluding hydrogens is 244 g/mol. The summed E-state index contributed by atoms with van der Waals surface area (Å²) in [5.74, 6) is 0. The molecule has 0 bridgehead atoms. The lowest BCUT2D eigenvalue weighted by atomic mass is 9.97. The van der Waals surface area contributed by atoms with Gasteiger partial charge in [0.15, 0.2) is 0 Å². The first kappa shape index (κ1) is 11.5. The first-order valence-electron chi connectivity index (χ1n) is 7.02. The van der Waals surface area contributed by atoms with Crippen LogP contribution < -0.4 is 0 Å². The van der Waals surface area contributed by atoms with E-state index in [1.54, 1.807) is 0 Å². The van der Waals surface area contributed by atoms with Crippen molar-refractivity contribution in [1.82, 2.24) is 9.78 Å². The molecule has 2 nitrogen and oxygen atoms in total. The largest absolute Gasteiger partial charge is 0.257 e. The molecular formula is C18H16N2. The van der Waals surface area contributed by atoms with Gasteiger partial charge in [0.2, 0.25) is 0 Å². The molecule has 2 heteroatoms. The number of aryl methyl sites for hydroxylation is 1. The molecule has 1 aromatic heterocycles. The molecule has 0 saturated heterocycles. The Labute approximate surface area is 118 Å². The number of hydrogen-bond donors (Lipinski definition) is 0. The van der Waals surface area contributed by atoms with Crippen molar-refractivity contribution in [3.63, 3.8) is 0 Å². The topological polar surface area (TPSA) is 17.8 Å². The monoisotopic (exact) mass is 260 g/mol. The maximum Gasteiger partial charge on any atom is 0.0822 e. The third-order valence-electron chi connectivity index (χ3n) is 4.02. The summed E-state index contributed by atoms with van der Waals surface area (Å²) in [6, 6.07) is 21.8. The van der Waals surface area contributed by atoms with E-state index in [-0.39, 0.29) is 0 Å². The molecule has 1 unspecified atom stereocenters. The molecule has 98 valence electrons. The van der Waals surface area contributed by atoms with Crippen molar-refractivity contribution in [2.45, 2.75) is 19.4 Å². The predicted octanol–water partition coefficient (Wildman–Crippen LogP) is 4.00. The molecule has 1 atom stereocenters. The van der Waals surface area contributed by atoms with E-state index in [9.17, 15) is 0 Å². The van der Waals surface area contributed by atoms with Crippen LogP contribution in [0.3, 0.4) is 0 Å². The molecule has 0 fully saturated rings. The summed E-state index contributed by atoms with van der Waals surface area (Å²) in [5.41, 5.74) is 6.41. The minimum atomic E-state index is 0.317. The summed E-state index contributed by atoms with van der Waals surface area (Å²) in [5, 5.41) is 4.70. The van der Waals surface area contributed by atoms with Gasteiger partial charge >= 0.3 is 0 Å². The van der Waals surface area contributed by atoms with Crippen LogP contribution in [0.5, 0.6) is 0 Å². The Morgan fingerprint density at radius 3 is 2.60 bits per heavy atom. The first-order chi connectivity index (χ1) is 9.83. The number of benzene rings is 2. The minimum absolute atomic E-state index is 0.317. The van der Waals surface area contributed by atoms with Gasteiger partial charge in [-0.05, 0) is 30.5 Å². The summed E-state index contributed by atoms with van der Waals surface area (Å²) in [6.45, 7) is 2.06. The summed E-state index contributed by atoms with van der Waals surface area (Å²) < 4.78 is 2.19. The second-order valence-electron chi connectivity index (χ2n) is 5.41. The van der Waals surface area contributed by atoms with Gasteiger partial charge in [-0.2, -0.15) is 5.10 Å². The predicted molar refractivity (Wildman–Crippen MR) is 80.7 cm³/mol. The average molecular weight is 260 g/mol. The molecule has 4 rings (SSSR count). The van der Waals surface area contributed by atoms with E-state index in [0.717, 1.165) is 12.1 Å². The van der Waals surface area contributed by atoms with Crippen LogP contribution in [0.15, 0.2) is 60.7 Å². The van der Waals surface area contributed by atoms with E-state index in [1.807, 2.05) is 0 Å². The van der Waals surface area contributed by atoms with Gasteiger partial charge in [0.25, 0.3) is 0 Å². The molecule has 1 aliphatic rings. The quantitative estimate of drug-likeness (QED) is 0.681. The Bertz CT molecular complexity index is 756. The van der Waals surface area contributed by atoms with E-state index in [4.69, 9.17) is 5.10 Å². The number of fused-ring (bicyclic) bond motifs is 3. The maximum atomic E-state index is 4.70. The smallest absolute Gasteiger partial charge is 0.0822 e. The standard InChI is InChI=1S/C18H16N2/c1-13-11-17-15-9-5-6-10-16(15)18(20(17)19-13)12-14-7-3-2-4-8-14/h2-11,18H,12H2,1H3. The molecule has 0 N–H and O–H groups in total. The fraction of sp³-hybridized carbons (Fsp3) is 0.167. The lowest BCUT2D eigenvalue weighted by Gasteiger charge is -2.14. The van der Waals surface area contributed by atoms with Crippen molar-refractivity contribution >= 4 is 0 Å². The van der Waals surface area contributed by atoms with Crippen LogP contribution in [0, 0.1) is 6.92 Å². The molecule has 2 aromatic carbocycles. The van der Waals surface area contributed by atoms with Crippen LogP contribution in [0.2, 0.25) is 0 Å². The van der Waals surface area contributed by atoms with Gasteiger partial charge in [-0.1, -0.05) is 54.6 Å². The zero-order valence-electron chi connectivity index (χ0n) is 11.5. The third kappa shape index (κ3) is 1.68. The highest BCUT2D eigenvalue weighted by Crippen LogP contribution is 2.40. The highest BCUT2D eigenvalue weighted by Gasteiger charge is 2.29. The Kier molecular flexibility index (Phi) is 2.49. The molecule has 0 aliphatic carbocycles. The van der Waals surface area contributed by atoms with Crippen molar-refractivity contribution in [1.29, 1.82) is 0 Å². The number of aromatic nitrogens is 2. The summed E-state index contributed by atoms with van der Waals surface area (Å²) in [6.07, 6.45) is 0.992. The van der Waals surface area contributed by atoms with Crippen LogP contribution in [0.25, 0.3) is 11.3 Å². The fourth-order valence-corrected chi connectivity index (χ4v) is 3.14. The third-order valence-corrected chi connectivity index (χ3v) is 4.02. The van der Waals surface area contributed by atoms with Gasteiger partial charge in [-0.15, -0.1) is 0 Å². The van der Waals surface area contributed by atoms with Crippen LogP contribution in [0.4, 0.5) is 0 Å². The highest BCUT2D eigenvalue weighted by molar-refractivity contribution is 5.69. The summed E-state index contributed by atoms with van der Waals surface area (Å²) in [4.78, 5) is 0. The van der Waals surface area contributed by atoms with Crippen molar-refractivity contribution in [2.24, 2.45) is 0 Å². The molecule has 0 saturated carbocycles. The van der Waals surface area contributed by atoms with E-state index in [0.29, 0.717) is 6.04 Å². The Morgan fingerprint density at radius 1 is 1.00 bits per heavy atom. The second kappa shape index (κ2) is 4.34. The highest BCUT2D eigenvalue weighted by atomic mass is 15.3. The average Bonchev–Trinajstić information content (AvgIpc) is 2.98. The lowest BCUT2D eigenvalue weighted by molar-refractivity contribution is 0.543. The van der Waals surface area contributed by atoms with Gasteiger partial charge in [0.1, 0.15) is 0 Å². The van der Waals surface area contributed by atoms with Crippen LogP contribution in [-0.4, -0.2) is 9.78 Å². The SMILES string of the molecule is Cc1cc2n(n1)C(Cc1ccccc1)c1ccccc1-2. The zero-order chi connectivity index (χ0) is 13.5. The summed E-state index contributed by atoms with van der Waals surface area (Å²) >= 11 is 0. The van der Waals surface area contributed by atoms with Gasteiger partial charge in [-0.25, -0.2) is 0 Å². The van der Waals surface area contributed by atoms with Crippen molar-refractivity contribution in [3.05, 3.63) is 77.5 Å². The van der Waals surface area contributed by atoms with E-state index >= 15 is 0 Å². The lowest BCUT2D eigenvalue weighted by Crippen LogP contribution is -2.10. The second-order valence-corrected chi connectivity index (χ2v) is 5.41. The van der Waals surface area contributed by atoms with Gasteiger partial charge in [-0.3, -0.25) is 4.68 Å². The Hall–Kier alpha value is -2.35. The number of rotatable bonds is 2. The van der Waals surface area contributed by atoms with Crippen molar-refractivity contribution < 1.29 is 0 Å². The van der Waals surface area contributed by atoms with Crippen LogP contribution >= 0.6 is 0 Å². The molecule has 0 amide bonds. The molecule has 3 aromatic rings. The van der Waals surface area contributed by atoms with E-state index < -0.39 is 0 Å². The van der Waals surface area contributed by atoms with Crippen molar-refractivity contribution in [3.8, 4) is 11.3 Å². The molecule has 2 heterocycles. The zero-order valence-corrected chi connectivity index (χ0v) is 11.5. The summed E-state index contributed by atoms with van der Waals surface area (Å²) in [7, 11) is 0. The van der Waals surface area contributed by atoms with Gasteiger partial charge < -0.3 is 0 Å². The van der Waals surface area contributed by atoms with Crippen LogP contribution in [0.1, 0.15) is 22.9 Å². The Balaban J connectivity index is 1.83. The minimum Gasteiger partial charge on any atom is -0.257 e. The number of hydrogen-bond acceptors (Lipinski definition) is 1. The Morgan fingerprint density at radius 2 is 1.75 bits per heavy atom. The van der Waals surface area contributed by atoms with E-state index in [2.05, 4.69) is 72.3 Å². The fourth-order valence-electron chi connectivity index (χ4n) is 3.14. The van der Waals surface area contributed by atoms with Gasteiger partial charge in [0.05, 0.1) is 17.4 Å². The number of nitrogens with zero attached hydrogens (tertiary/aromatic N) is 2. The van der Waals surface area contributed by atoms with Crippen LogP contribution in [-0.2, 0) is 6.42 Å².